The fraction of sp³-hybridized carbons (Fsp3) is 0.222. The number of alkyl halides is 3. The summed E-state index contributed by atoms with van der Waals surface area (Å²) in [6.45, 7) is 1.62. The third-order valence-corrected chi connectivity index (χ3v) is 5.01. The van der Waals surface area contributed by atoms with Crippen LogP contribution in [0.3, 0.4) is 0 Å². The first-order chi connectivity index (χ1) is 14.3. The maximum Gasteiger partial charge on any atom is 0.431 e. The Bertz CT molecular complexity index is 1320. The molecule has 0 atom stereocenters. The molecule has 0 radical (unpaired) electrons. The Morgan fingerprint density at radius 1 is 1.10 bits per heavy atom. The Hall–Kier alpha value is -3.05. The maximum atomic E-state index is 13.1. The van der Waals surface area contributed by atoms with E-state index in [-0.39, 0.29) is 37.6 Å². The van der Waals surface area contributed by atoms with E-state index >= 15 is 0 Å². The molecule has 1 amide bonds. The number of anilines is 1. The van der Waals surface area contributed by atoms with Crippen molar-refractivity contribution in [1.29, 1.82) is 0 Å². The van der Waals surface area contributed by atoms with Gasteiger partial charge in [0.25, 0.3) is 11.5 Å². The zero-order chi connectivity index (χ0) is 23.2. The molecule has 8 nitrogen and oxygen atoms in total. The van der Waals surface area contributed by atoms with Gasteiger partial charge >= 0.3 is 11.9 Å². The van der Waals surface area contributed by atoms with E-state index in [2.05, 4.69) is 10.4 Å². The molecule has 0 unspecified atom stereocenters. The van der Waals surface area contributed by atoms with E-state index < -0.39 is 29.0 Å². The van der Waals surface area contributed by atoms with Crippen LogP contribution in [0, 0.1) is 6.92 Å². The smallest absolute Gasteiger partial charge is 0.320 e. The summed E-state index contributed by atoms with van der Waals surface area (Å²) < 4.78 is 41.4. The highest BCUT2D eigenvalue weighted by Gasteiger charge is 2.35. The second-order valence-electron chi connectivity index (χ2n) is 6.58. The van der Waals surface area contributed by atoms with Crippen LogP contribution in [-0.4, -0.2) is 24.8 Å². The number of aryl methyl sites for hydroxylation is 2. The van der Waals surface area contributed by atoms with Crippen molar-refractivity contribution in [3.63, 3.8) is 0 Å². The predicted octanol–water partition coefficient (Wildman–Crippen LogP) is 3.16. The zero-order valence-corrected chi connectivity index (χ0v) is 17.7. The van der Waals surface area contributed by atoms with Crippen LogP contribution in [0.2, 0.25) is 10.0 Å². The summed E-state index contributed by atoms with van der Waals surface area (Å²) in [5.74, 6) is -0.576. The van der Waals surface area contributed by atoms with Gasteiger partial charge in [0.2, 0.25) is 0 Å². The lowest BCUT2D eigenvalue weighted by Gasteiger charge is -2.16. The minimum atomic E-state index is -4.91. The van der Waals surface area contributed by atoms with Gasteiger partial charge in [-0.25, -0.2) is 9.36 Å². The summed E-state index contributed by atoms with van der Waals surface area (Å²) in [5.41, 5.74) is -3.50. The van der Waals surface area contributed by atoms with Crippen molar-refractivity contribution in [3.8, 4) is 5.69 Å². The first kappa shape index (κ1) is 22.6. The van der Waals surface area contributed by atoms with E-state index in [4.69, 9.17) is 23.2 Å². The highest BCUT2D eigenvalue weighted by Crippen LogP contribution is 2.32. The predicted molar refractivity (Wildman–Crippen MR) is 108 cm³/mol. The molecule has 0 aliphatic carbocycles. The Labute approximate surface area is 182 Å². The fourth-order valence-corrected chi connectivity index (χ4v) is 3.45. The fourth-order valence-electron chi connectivity index (χ4n) is 2.94. The highest BCUT2D eigenvalue weighted by atomic mass is 35.5. The summed E-state index contributed by atoms with van der Waals surface area (Å²) in [4.78, 5) is 37.5. The monoisotopic (exact) mass is 475 g/mol. The molecule has 0 saturated heterocycles. The van der Waals surface area contributed by atoms with Crippen LogP contribution in [0.4, 0.5) is 18.9 Å². The van der Waals surface area contributed by atoms with E-state index in [0.717, 1.165) is 19.2 Å². The number of rotatable bonds is 3. The average molecular weight is 476 g/mol. The Balaban J connectivity index is 2.14. The first-order valence-corrected chi connectivity index (χ1v) is 9.28. The molecule has 164 valence electrons. The summed E-state index contributed by atoms with van der Waals surface area (Å²) in [6.07, 6.45) is -3.43. The molecule has 0 saturated carbocycles. The molecule has 0 aliphatic heterocycles. The van der Waals surface area contributed by atoms with Gasteiger partial charge in [0.1, 0.15) is 5.69 Å². The van der Waals surface area contributed by atoms with Crippen molar-refractivity contribution in [1.82, 2.24) is 18.9 Å². The number of carbonyl (C=O) groups is 1. The van der Waals surface area contributed by atoms with Crippen molar-refractivity contribution in [2.24, 2.45) is 14.1 Å². The Morgan fingerprint density at radius 3 is 2.29 bits per heavy atom. The normalized spacial score (nSPS) is 11.6. The molecular weight excluding hydrogens is 462 g/mol. The summed E-state index contributed by atoms with van der Waals surface area (Å²) in [7, 11) is 2.50. The van der Waals surface area contributed by atoms with Crippen LogP contribution in [-0.2, 0) is 20.3 Å². The van der Waals surface area contributed by atoms with Crippen LogP contribution >= 0.6 is 23.2 Å². The molecular formula is C18H14Cl2F3N5O3. The quantitative estimate of drug-likeness (QED) is 0.629. The molecule has 0 fully saturated rings. The number of aromatic nitrogens is 4. The van der Waals surface area contributed by atoms with Crippen LogP contribution in [0.1, 0.15) is 21.7 Å². The topological polar surface area (TPSA) is 90.9 Å². The molecule has 0 bridgehead atoms. The average Bonchev–Trinajstić information content (AvgIpc) is 2.99. The molecule has 31 heavy (non-hydrogen) atoms. The first-order valence-electron chi connectivity index (χ1n) is 8.52. The minimum absolute atomic E-state index is 0.0110. The SMILES string of the molecule is Cc1nn(C)cc1C(=O)Nc1cc(-n2c(=O)cc(C(F)(F)F)n(C)c2=O)c(Cl)cc1Cl. The number of nitrogens with zero attached hydrogens (tertiary/aromatic N) is 4. The van der Waals surface area contributed by atoms with Gasteiger partial charge in [-0.3, -0.25) is 18.8 Å². The van der Waals surface area contributed by atoms with Gasteiger partial charge in [-0.2, -0.15) is 18.3 Å². The number of carbonyl (C=O) groups excluding carboxylic acids is 1. The molecule has 13 heteroatoms. The maximum absolute atomic E-state index is 13.1. The van der Waals surface area contributed by atoms with Crippen molar-refractivity contribution in [3.05, 3.63) is 72.2 Å². The second kappa shape index (κ2) is 7.89. The minimum Gasteiger partial charge on any atom is -0.320 e. The summed E-state index contributed by atoms with van der Waals surface area (Å²) in [6, 6.07) is 2.57. The standard InChI is InChI=1S/C18H14Cl2F3N5O3/c1-8-9(7-26(2)25-8)16(30)24-12-5-13(11(20)4-10(12)19)28-15(29)6-14(18(21,22)23)27(3)17(28)31/h4-7H,1-3H3,(H,24,30). The van der Waals surface area contributed by atoms with Gasteiger partial charge in [0, 0.05) is 26.4 Å². The molecule has 1 N–H and O–H groups in total. The lowest BCUT2D eigenvalue weighted by atomic mass is 10.2. The second-order valence-corrected chi connectivity index (χ2v) is 7.40. The van der Waals surface area contributed by atoms with E-state index in [9.17, 15) is 27.6 Å². The van der Waals surface area contributed by atoms with Gasteiger partial charge in [-0.05, 0) is 19.1 Å². The Morgan fingerprint density at radius 2 is 1.74 bits per heavy atom. The zero-order valence-electron chi connectivity index (χ0n) is 16.2. The van der Waals surface area contributed by atoms with Crippen LogP contribution < -0.4 is 16.6 Å². The van der Waals surface area contributed by atoms with E-state index in [1.165, 1.54) is 10.9 Å². The van der Waals surface area contributed by atoms with Crippen molar-refractivity contribution in [2.75, 3.05) is 5.32 Å². The number of nitrogens with one attached hydrogen (secondary N) is 1. The van der Waals surface area contributed by atoms with Crippen molar-refractivity contribution < 1.29 is 18.0 Å². The summed E-state index contributed by atoms with van der Waals surface area (Å²) >= 11 is 12.2. The van der Waals surface area contributed by atoms with Crippen LogP contribution in [0.5, 0.6) is 0 Å². The lowest BCUT2D eigenvalue weighted by molar-refractivity contribution is -0.144. The number of amides is 1. The van der Waals surface area contributed by atoms with E-state index in [1.807, 2.05) is 0 Å². The van der Waals surface area contributed by atoms with Crippen molar-refractivity contribution >= 4 is 34.8 Å². The Kier molecular flexibility index (Phi) is 5.76. The van der Waals surface area contributed by atoms with Crippen LogP contribution in [0.25, 0.3) is 5.69 Å². The van der Waals surface area contributed by atoms with E-state index in [0.29, 0.717) is 10.3 Å². The van der Waals surface area contributed by atoms with Gasteiger partial charge in [0.15, 0.2) is 0 Å². The molecule has 2 heterocycles. The number of hydrogen-bond acceptors (Lipinski definition) is 4. The molecule has 2 aromatic heterocycles. The third-order valence-electron chi connectivity index (χ3n) is 4.39. The molecule has 3 rings (SSSR count). The van der Waals surface area contributed by atoms with Gasteiger partial charge in [-0.15, -0.1) is 0 Å². The highest BCUT2D eigenvalue weighted by molar-refractivity contribution is 6.37. The number of halogens is 5. The van der Waals surface area contributed by atoms with Gasteiger partial charge < -0.3 is 5.32 Å². The van der Waals surface area contributed by atoms with Crippen molar-refractivity contribution in [2.45, 2.75) is 13.1 Å². The molecule has 0 spiro atoms. The number of hydrogen-bond donors (Lipinski definition) is 1. The molecule has 1 aromatic carbocycles. The van der Waals surface area contributed by atoms with E-state index in [1.54, 1.807) is 14.0 Å². The lowest BCUT2D eigenvalue weighted by Crippen LogP contribution is -2.40. The third kappa shape index (κ3) is 4.23. The largest absolute Gasteiger partial charge is 0.431 e. The molecule has 3 aromatic rings. The van der Waals surface area contributed by atoms with Crippen LogP contribution in [0.15, 0.2) is 34.0 Å². The van der Waals surface area contributed by atoms with Gasteiger partial charge in [0.05, 0.1) is 32.7 Å². The number of benzene rings is 1. The summed E-state index contributed by atoms with van der Waals surface area (Å²) in [5, 5.41) is 6.38. The molecule has 0 aliphatic rings. The van der Waals surface area contributed by atoms with Gasteiger partial charge in [-0.1, -0.05) is 23.2 Å².